The number of nitriles is 1. The van der Waals surface area contributed by atoms with Crippen LogP contribution in [0.1, 0.15) is 6.42 Å². The maximum absolute atomic E-state index is 10.7. The lowest BCUT2D eigenvalue weighted by molar-refractivity contribution is 0.362. The topological polar surface area (TPSA) is 61.2 Å². The molecule has 0 spiro atoms. The smallest absolute Gasteiger partial charge is 0.148 e. The van der Waals surface area contributed by atoms with Gasteiger partial charge < -0.3 is 4.90 Å². The first-order valence-corrected chi connectivity index (χ1v) is 5.75. The van der Waals surface area contributed by atoms with E-state index in [1.54, 1.807) is 0 Å². The average Bonchev–Trinajstić information content (AvgIpc) is 1.95. The summed E-state index contributed by atoms with van der Waals surface area (Å²) in [6.07, 6.45) is 1.66. The van der Waals surface area contributed by atoms with Crippen LogP contribution in [0.3, 0.4) is 0 Å². The number of hydrogen-bond acceptors (Lipinski definition) is 4. The zero-order valence-corrected chi connectivity index (χ0v) is 8.26. The summed E-state index contributed by atoms with van der Waals surface area (Å²) in [7, 11) is -1.06. The van der Waals surface area contributed by atoms with E-state index in [-0.39, 0.29) is 5.75 Å². The predicted octanol–water partition coefficient (Wildman–Crippen LogP) is -0.124. The summed E-state index contributed by atoms with van der Waals surface area (Å²) in [6, 6.07) is 2.00. The van der Waals surface area contributed by atoms with Gasteiger partial charge in [0.05, 0.1) is 11.8 Å². The molecule has 0 unspecified atom stereocenters. The third-order valence-corrected chi connectivity index (χ3v) is 2.37. The minimum absolute atomic E-state index is 0.162. The van der Waals surface area contributed by atoms with Crippen LogP contribution in [0.4, 0.5) is 0 Å². The van der Waals surface area contributed by atoms with E-state index in [1.165, 1.54) is 6.26 Å². The van der Waals surface area contributed by atoms with Gasteiger partial charge in [-0.05, 0) is 7.05 Å². The molecule has 0 heterocycles. The van der Waals surface area contributed by atoms with Crippen molar-refractivity contribution in [2.75, 3.05) is 32.1 Å². The van der Waals surface area contributed by atoms with Crippen LogP contribution in [0.5, 0.6) is 0 Å². The molecule has 4 nitrogen and oxygen atoms in total. The molecule has 0 radical (unpaired) electrons. The molecule has 70 valence electrons. The lowest BCUT2D eigenvalue weighted by Crippen LogP contribution is -2.26. The quantitative estimate of drug-likeness (QED) is 0.606. The van der Waals surface area contributed by atoms with E-state index in [1.807, 2.05) is 18.0 Å². The van der Waals surface area contributed by atoms with Crippen LogP contribution in [-0.4, -0.2) is 45.5 Å². The molecule has 0 aromatic heterocycles. The highest BCUT2D eigenvalue weighted by Crippen LogP contribution is 1.89. The fourth-order valence-electron chi connectivity index (χ4n) is 0.674. The molecule has 0 aliphatic heterocycles. The third-order valence-electron chi connectivity index (χ3n) is 1.45. The van der Waals surface area contributed by atoms with Crippen LogP contribution < -0.4 is 0 Å². The van der Waals surface area contributed by atoms with Gasteiger partial charge in [0.25, 0.3) is 0 Å². The van der Waals surface area contributed by atoms with E-state index in [9.17, 15) is 8.42 Å². The van der Waals surface area contributed by atoms with E-state index in [2.05, 4.69) is 0 Å². The van der Waals surface area contributed by atoms with Crippen molar-refractivity contribution in [3.8, 4) is 6.07 Å². The zero-order valence-electron chi connectivity index (χ0n) is 7.45. The van der Waals surface area contributed by atoms with E-state index in [0.29, 0.717) is 19.5 Å². The summed E-state index contributed by atoms with van der Waals surface area (Å²) in [4.78, 5) is 1.84. The van der Waals surface area contributed by atoms with Crippen LogP contribution in [0.15, 0.2) is 0 Å². The van der Waals surface area contributed by atoms with E-state index in [4.69, 9.17) is 5.26 Å². The largest absolute Gasteiger partial charge is 0.304 e. The van der Waals surface area contributed by atoms with Gasteiger partial charge in [-0.3, -0.25) is 0 Å². The first-order valence-electron chi connectivity index (χ1n) is 3.69. The van der Waals surface area contributed by atoms with Gasteiger partial charge in [0.15, 0.2) is 0 Å². The second-order valence-electron chi connectivity index (χ2n) is 2.84. The Hall–Kier alpha value is -0.600. The summed E-state index contributed by atoms with van der Waals surface area (Å²) in [5, 5.41) is 8.25. The van der Waals surface area contributed by atoms with Crippen LogP contribution in [0.2, 0.25) is 0 Å². The average molecular weight is 190 g/mol. The highest BCUT2D eigenvalue weighted by Gasteiger charge is 2.04. The van der Waals surface area contributed by atoms with Crippen LogP contribution in [0.25, 0.3) is 0 Å². The van der Waals surface area contributed by atoms with Gasteiger partial charge in [-0.2, -0.15) is 5.26 Å². The fourth-order valence-corrected chi connectivity index (χ4v) is 1.32. The molecule has 0 aromatic rings. The van der Waals surface area contributed by atoms with Crippen molar-refractivity contribution in [2.24, 2.45) is 0 Å². The predicted molar refractivity (Wildman–Crippen MR) is 47.4 cm³/mol. The standard InChI is InChI=1S/C7H14N2O2S/c1-9(5-3-4-8)6-7-12(2,10)11/h3,5-7H2,1-2H3. The molecule has 0 saturated heterocycles. The molecule has 12 heavy (non-hydrogen) atoms. The lowest BCUT2D eigenvalue weighted by Gasteiger charge is -2.13. The Kier molecular flexibility index (Phi) is 4.86. The van der Waals surface area contributed by atoms with E-state index >= 15 is 0 Å². The Morgan fingerprint density at radius 3 is 2.42 bits per heavy atom. The van der Waals surface area contributed by atoms with Crippen molar-refractivity contribution < 1.29 is 8.42 Å². The summed E-state index contributed by atoms with van der Waals surface area (Å²) in [6.45, 7) is 1.13. The highest BCUT2D eigenvalue weighted by molar-refractivity contribution is 7.90. The summed E-state index contributed by atoms with van der Waals surface area (Å²) in [5.41, 5.74) is 0. The first-order chi connectivity index (χ1) is 5.45. The van der Waals surface area contributed by atoms with Gasteiger partial charge in [0.2, 0.25) is 0 Å². The molecule has 0 atom stereocenters. The molecule has 0 aliphatic carbocycles. The molecule has 0 aromatic carbocycles. The maximum atomic E-state index is 10.7. The molecule has 0 aliphatic rings. The number of sulfone groups is 1. The van der Waals surface area contributed by atoms with Crippen LogP contribution in [-0.2, 0) is 9.84 Å². The number of rotatable bonds is 5. The molecule has 0 rings (SSSR count). The molecule has 0 N–H and O–H groups in total. The van der Waals surface area contributed by atoms with E-state index in [0.717, 1.165) is 0 Å². The molecular formula is C7H14N2O2S. The maximum Gasteiger partial charge on any atom is 0.148 e. The van der Waals surface area contributed by atoms with Gasteiger partial charge in [0, 0.05) is 25.8 Å². The summed E-state index contributed by atoms with van der Waals surface area (Å²) >= 11 is 0. The fraction of sp³-hybridized carbons (Fsp3) is 0.857. The minimum atomic E-state index is -2.87. The molecular weight excluding hydrogens is 176 g/mol. The van der Waals surface area contributed by atoms with E-state index < -0.39 is 9.84 Å². The van der Waals surface area contributed by atoms with Gasteiger partial charge >= 0.3 is 0 Å². The molecule has 0 amide bonds. The van der Waals surface area contributed by atoms with Crippen molar-refractivity contribution >= 4 is 9.84 Å². The Morgan fingerprint density at radius 2 is 2.00 bits per heavy atom. The molecule has 0 fully saturated rings. The van der Waals surface area contributed by atoms with Gasteiger partial charge in [0.1, 0.15) is 9.84 Å². The first kappa shape index (κ1) is 11.4. The lowest BCUT2D eigenvalue weighted by atomic mass is 10.4. The van der Waals surface area contributed by atoms with Crippen molar-refractivity contribution in [3.63, 3.8) is 0 Å². The third kappa shape index (κ3) is 7.51. The Labute approximate surface area is 73.7 Å². The number of hydrogen-bond donors (Lipinski definition) is 0. The highest BCUT2D eigenvalue weighted by atomic mass is 32.2. The SMILES string of the molecule is CN(CCC#N)CCS(C)(=O)=O. The molecule has 0 saturated carbocycles. The molecule has 5 heteroatoms. The second-order valence-corrected chi connectivity index (χ2v) is 5.10. The Bertz CT molecular complexity index is 253. The minimum Gasteiger partial charge on any atom is -0.304 e. The second kappa shape index (κ2) is 5.12. The van der Waals surface area contributed by atoms with Gasteiger partial charge in [-0.15, -0.1) is 0 Å². The Balaban J connectivity index is 3.59. The normalized spacial score (nSPS) is 11.5. The van der Waals surface area contributed by atoms with Crippen molar-refractivity contribution in [3.05, 3.63) is 0 Å². The summed E-state index contributed by atoms with van der Waals surface area (Å²) < 4.78 is 21.4. The molecule has 0 bridgehead atoms. The monoisotopic (exact) mass is 190 g/mol. The Morgan fingerprint density at radius 1 is 1.42 bits per heavy atom. The van der Waals surface area contributed by atoms with Crippen molar-refractivity contribution in [1.82, 2.24) is 4.90 Å². The van der Waals surface area contributed by atoms with Gasteiger partial charge in [-0.1, -0.05) is 0 Å². The van der Waals surface area contributed by atoms with Gasteiger partial charge in [-0.25, -0.2) is 8.42 Å². The zero-order chi connectivity index (χ0) is 9.61. The van der Waals surface area contributed by atoms with Crippen molar-refractivity contribution in [2.45, 2.75) is 6.42 Å². The van der Waals surface area contributed by atoms with Crippen LogP contribution in [0, 0.1) is 11.3 Å². The van der Waals surface area contributed by atoms with Crippen LogP contribution >= 0.6 is 0 Å². The number of nitrogens with zero attached hydrogens (tertiary/aromatic N) is 2. The van der Waals surface area contributed by atoms with Crippen molar-refractivity contribution in [1.29, 1.82) is 5.26 Å². The summed E-state index contributed by atoms with van der Waals surface area (Å²) in [5.74, 6) is 0.162.